The zero-order valence-electron chi connectivity index (χ0n) is 18.2. The molecule has 0 aliphatic heterocycles. The van der Waals surface area contributed by atoms with Crippen LogP contribution in [0.3, 0.4) is 0 Å². The molecule has 0 spiro atoms. The molecule has 168 valence electrons. The lowest BCUT2D eigenvalue weighted by atomic mass is 10.2. The Morgan fingerprint density at radius 1 is 0.581 bits per heavy atom. The number of hydrogen-bond acceptors (Lipinski definition) is 5. The van der Waals surface area contributed by atoms with Crippen molar-refractivity contribution in [1.29, 1.82) is 0 Å². The van der Waals surface area contributed by atoms with Crippen LogP contribution in [-0.2, 0) is 36.9 Å². The fraction of sp³-hybridized carbons (Fsp3) is 0.385. The molecule has 0 aliphatic carbocycles. The van der Waals surface area contributed by atoms with Gasteiger partial charge in [0.25, 0.3) is 0 Å². The Bertz CT molecular complexity index is 643. The summed E-state index contributed by atoms with van der Waals surface area (Å²) in [6.07, 6.45) is 3.06. The van der Waals surface area contributed by atoms with E-state index in [1.165, 1.54) is 0 Å². The van der Waals surface area contributed by atoms with Gasteiger partial charge in [0, 0.05) is 0 Å². The number of ether oxygens (including phenoxy) is 5. The van der Waals surface area contributed by atoms with Crippen LogP contribution in [0.15, 0.2) is 86.0 Å². The average molecular weight is 427 g/mol. The smallest absolute Gasteiger partial charge is 0.105 e. The van der Waals surface area contributed by atoms with Gasteiger partial charge in [-0.1, -0.05) is 72.8 Å². The van der Waals surface area contributed by atoms with Gasteiger partial charge < -0.3 is 23.7 Å². The van der Waals surface area contributed by atoms with Crippen molar-refractivity contribution in [1.82, 2.24) is 0 Å². The second-order valence-electron chi connectivity index (χ2n) is 7.03. The van der Waals surface area contributed by atoms with Crippen LogP contribution in [-0.4, -0.2) is 51.8 Å². The molecule has 2 aromatic rings. The molecular weight excluding hydrogens is 392 g/mol. The molecule has 2 rings (SSSR count). The van der Waals surface area contributed by atoms with E-state index in [4.69, 9.17) is 23.7 Å². The largest absolute Gasteiger partial charge is 0.376 e. The van der Waals surface area contributed by atoms with E-state index in [1.54, 1.807) is 12.2 Å². The zero-order chi connectivity index (χ0) is 22.0. The lowest BCUT2D eigenvalue weighted by Gasteiger charge is -2.21. The first-order valence-electron chi connectivity index (χ1n) is 10.6. The summed E-state index contributed by atoms with van der Waals surface area (Å²) in [7, 11) is 0. The summed E-state index contributed by atoms with van der Waals surface area (Å²) in [5, 5.41) is 0. The van der Waals surface area contributed by atoms with Crippen LogP contribution in [0.5, 0.6) is 0 Å². The third-order valence-electron chi connectivity index (χ3n) is 4.34. The van der Waals surface area contributed by atoms with Crippen molar-refractivity contribution in [2.24, 2.45) is 0 Å². The van der Waals surface area contributed by atoms with Crippen molar-refractivity contribution < 1.29 is 23.7 Å². The first-order valence-corrected chi connectivity index (χ1v) is 10.6. The van der Waals surface area contributed by atoms with Crippen molar-refractivity contribution in [3.63, 3.8) is 0 Å². The second kappa shape index (κ2) is 16.4. The minimum absolute atomic E-state index is 0.191. The van der Waals surface area contributed by atoms with Crippen molar-refractivity contribution in [3.05, 3.63) is 97.1 Å². The Hall–Kier alpha value is -2.28. The first-order chi connectivity index (χ1) is 15.3. The van der Waals surface area contributed by atoms with E-state index in [2.05, 4.69) is 13.2 Å². The predicted octanol–water partition coefficient (Wildman–Crippen LogP) is 4.58. The van der Waals surface area contributed by atoms with Crippen molar-refractivity contribution in [3.8, 4) is 0 Å². The third kappa shape index (κ3) is 11.6. The van der Waals surface area contributed by atoms with Gasteiger partial charge in [-0.15, -0.1) is 13.2 Å². The predicted molar refractivity (Wildman–Crippen MR) is 123 cm³/mol. The fourth-order valence-electron chi connectivity index (χ4n) is 2.76. The number of hydrogen-bond donors (Lipinski definition) is 0. The molecular formula is C26H34O5. The molecule has 2 unspecified atom stereocenters. The van der Waals surface area contributed by atoms with Crippen LogP contribution in [0.4, 0.5) is 0 Å². The van der Waals surface area contributed by atoms with Crippen LogP contribution < -0.4 is 0 Å². The van der Waals surface area contributed by atoms with Crippen molar-refractivity contribution in [2.75, 3.05) is 39.6 Å². The molecule has 0 amide bonds. The molecule has 0 aliphatic rings. The van der Waals surface area contributed by atoms with Gasteiger partial charge in [-0.3, -0.25) is 0 Å². The van der Waals surface area contributed by atoms with Gasteiger partial charge in [-0.25, -0.2) is 0 Å². The van der Waals surface area contributed by atoms with E-state index in [-0.39, 0.29) is 12.2 Å². The van der Waals surface area contributed by atoms with Crippen molar-refractivity contribution in [2.45, 2.75) is 25.4 Å². The summed E-state index contributed by atoms with van der Waals surface area (Å²) >= 11 is 0. The monoisotopic (exact) mass is 426 g/mol. The lowest BCUT2D eigenvalue weighted by molar-refractivity contribution is -0.0984. The first kappa shape index (κ1) is 25.0. The van der Waals surface area contributed by atoms with Gasteiger partial charge >= 0.3 is 0 Å². The minimum Gasteiger partial charge on any atom is -0.376 e. The maximum atomic E-state index is 6.01. The molecule has 5 heteroatoms. The normalized spacial score (nSPS) is 12.9. The Balaban J connectivity index is 1.81. The van der Waals surface area contributed by atoms with Crippen molar-refractivity contribution >= 4 is 0 Å². The summed E-state index contributed by atoms with van der Waals surface area (Å²) in [5.41, 5.74) is 2.22. The molecule has 2 aromatic carbocycles. The Morgan fingerprint density at radius 2 is 0.968 bits per heavy atom. The lowest BCUT2D eigenvalue weighted by Crippen LogP contribution is -2.31. The number of rotatable bonds is 18. The van der Waals surface area contributed by atoms with Crippen LogP contribution in [0, 0.1) is 0 Å². The highest BCUT2D eigenvalue weighted by molar-refractivity contribution is 5.14. The highest BCUT2D eigenvalue weighted by Crippen LogP contribution is 2.08. The molecule has 0 fully saturated rings. The SMILES string of the molecule is C=CCOCC(COCC(COCC=C)OCc1ccccc1)OCc1ccccc1. The van der Waals surface area contributed by atoms with Gasteiger partial charge in [0.1, 0.15) is 12.2 Å². The number of benzene rings is 2. The van der Waals surface area contributed by atoms with Crippen LogP contribution in [0.2, 0.25) is 0 Å². The minimum atomic E-state index is -0.191. The molecule has 5 nitrogen and oxygen atoms in total. The third-order valence-corrected chi connectivity index (χ3v) is 4.34. The van der Waals surface area contributed by atoms with Gasteiger partial charge in [0.2, 0.25) is 0 Å². The molecule has 0 radical (unpaired) electrons. The summed E-state index contributed by atoms with van der Waals surface area (Å²) in [6, 6.07) is 20.1. The molecule has 0 aromatic heterocycles. The quantitative estimate of drug-likeness (QED) is 0.258. The van der Waals surface area contributed by atoms with Crippen LogP contribution in [0.25, 0.3) is 0 Å². The van der Waals surface area contributed by atoms with E-state index >= 15 is 0 Å². The molecule has 0 saturated carbocycles. The van der Waals surface area contributed by atoms with Gasteiger partial charge in [0.15, 0.2) is 0 Å². The molecule has 0 N–H and O–H groups in total. The standard InChI is InChI=1S/C26H34O5/c1-3-15-27-19-25(30-17-23-11-7-5-8-12-23)21-29-22-26(20-28-16-4-2)31-18-24-13-9-6-10-14-24/h3-14,25-26H,1-2,15-22H2. The van der Waals surface area contributed by atoms with E-state index in [0.717, 1.165) is 11.1 Å². The van der Waals surface area contributed by atoms with Gasteiger partial charge in [-0.2, -0.15) is 0 Å². The van der Waals surface area contributed by atoms with E-state index in [1.807, 2.05) is 60.7 Å². The molecule has 0 saturated heterocycles. The Morgan fingerprint density at radius 3 is 1.35 bits per heavy atom. The average Bonchev–Trinajstić information content (AvgIpc) is 2.82. The highest BCUT2D eigenvalue weighted by Gasteiger charge is 2.15. The maximum Gasteiger partial charge on any atom is 0.105 e. The highest BCUT2D eigenvalue weighted by atomic mass is 16.6. The van der Waals surface area contributed by atoms with Crippen LogP contribution >= 0.6 is 0 Å². The fourth-order valence-corrected chi connectivity index (χ4v) is 2.76. The van der Waals surface area contributed by atoms with E-state index in [9.17, 15) is 0 Å². The topological polar surface area (TPSA) is 46.2 Å². The van der Waals surface area contributed by atoms with Gasteiger partial charge in [0.05, 0.1) is 52.9 Å². The summed E-state index contributed by atoms with van der Waals surface area (Å²) < 4.78 is 29.1. The summed E-state index contributed by atoms with van der Waals surface area (Å²) in [5.74, 6) is 0. The van der Waals surface area contributed by atoms with E-state index < -0.39 is 0 Å². The Labute approximate surface area is 186 Å². The van der Waals surface area contributed by atoms with E-state index in [0.29, 0.717) is 52.9 Å². The summed E-state index contributed by atoms with van der Waals surface area (Å²) in [6.45, 7) is 11.0. The maximum absolute atomic E-state index is 6.01. The van der Waals surface area contributed by atoms with Gasteiger partial charge in [-0.05, 0) is 11.1 Å². The Kier molecular flexibility index (Phi) is 13.2. The van der Waals surface area contributed by atoms with Crippen LogP contribution in [0.1, 0.15) is 11.1 Å². The molecule has 31 heavy (non-hydrogen) atoms. The second-order valence-corrected chi connectivity index (χ2v) is 7.03. The summed E-state index contributed by atoms with van der Waals surface area (Å²) in [4.78, 5) is 0. The molecule has 2 atom stereocenters. The molecule has 0 heterocycles. The molecule has 0 bridgehead atoms. The zero-order valence-corrected chi connectivity index (χ0v) is 18.2.